The van der Waals surface area contributed by atoms with E-state index in [0.717, 1.165) is 44.5 Å². The van der Waals surface area contributed by atoms with Gasteiger partial charge in [-0.2, -0.15) is 0 Å². The van der Waals surface area contributed by atoms with E-state index in [1.807, 2.05) is 24.3 Å². The summed E-state index contributed by atoms with van der Waals surface area (Å²) in [5, 5.41) is 7.46. The van der Waals surface area contributed by atoms with E-state index in [0.29, 0.717) is 17.5 Å². The van der Waals surface area contributed by atoms with Crippen LogP contribution in [0.25, 0.3) is 111 Å². The fraction of sp³-hybridized carbons (Fsp3) is 0. The lowest BCUT2D eigenvalue weighted by Crippen LogP contribution is -2.04. The summed E-state index contributed by atoms with van der Waals surface area (Å²) in [5.41, 5.74) is 11.9. The molecular formula is C51H31N5. The number of hydrogen-bond donors (Lipinski definition) is 0. The molecule has 0 atom stereocenters. The average Bonchev–Trinajstić information content (AvgIpc) is 3.76. The Balaban J connectivity index is 1.17. The third-order valence-corrected chi connectivity index (χ3v) is 11.3. The lowest BCUT2D eigenvalue weighted by molar-refractivity contribution is 1.06. The predicted octanol–water partition coefficient (Wildman–Crippen LogP) is 12.8. The molecular weight excluding hydrogens is 683 g/mol. The molecule has 0 bridgehead atoms. The normalized spacial score (nSPS) is 11.9. The Morgan fingerprint density at radius 2 is 0.804 bits per heavy atom. The summed E-state index contributed by atoms with van der Waals surface area (Å²) in [6.07, 6.45) is 0. The second-order valence-corrected chi connectivity index (χ2v) is 14.4. The molecule has 0 aliphatic rings. The van der Waals surface area contributed by atoms with Crippen LogP contribution in [0.4, 0.5) is 0 Å². The Bertz CT molecular complexity index is 3470. The van der Waals surface area contributed by atoms with Gasteiger partial charge < -0.3 is 8.97 Å². The highest BCUT2D eigenvalue weighted by Gasteiger charge is 2.24. The quantitative estimate of drug-likeness (QED) is 0.178. The maximum Gasteiger partial charge on any atom is 0.166 e. The molecule has 5 nitrogen and oxygen atoms in total. The maximum absolute atomic E-state index is 5.32. The molecule has 0 aliphatic heterocycles. The highest BCUT2D eigenvalue weighted by Crippen LogP contribution is 2.45. The summed E-state index contributed by atoms with van der Waals surface area (Å²) >= 11 is 0. The van der Waals surface area contributed by atoms with E-state index in [1.54, 1.807) is 0 Å². The summed E-state index contributed by atoms with van der Waals surface area (Å²) in [7, 11) is 0. The fourth-order valence-electron chi connectivity index (χ4n) is 8.98. The van der Waals surface area contributed by atoms with Gasteiger partial charge in [0.25, 0.3) is 0 Å². The molecule has 0 unspecified atom stereocenters. The van der Waals surface area contributed by atoms with Crippen LogP contribution in [0.15, 0.2) is 188 Å². The highest BCUT2D eigenvalue weighted by molar-refractivity contribution is 6.31. The Kier molecular flexibility index (Phi) is 6.56. The van der Waals surface area contributed by atoms with Crippen LogP contribution < -0.4 is 0 Å². The molecule has 0 saturated carbocycles. The Labute approximate surface area is 321 Å². The molecule has 5 heteroatoms. The molecule has 0 radical (unpaired) electrons. The zero-order chi connectivity index (χ0) is 36.7. The molecule has 0 aliphatic carbocycles. The van der Waals surface area contributed by atoms with Crippen molar-refractivity contribution in [3.05, 3.63) is 188 Å². The molecule has 8 aromatic carbocycles. The number of aromatic nitrogens is 5. The molecule has 4 aromatic heterocycles. The van der Waals surface area contributed by atoms with Gasteiger partial charge in [0, 0.05) is 43.6 Å². The molecule has 260 valence electrons. The minimum Gasteiger partial charge on any atom is -0.308 e. The first kappa shape index (κ1) is 30.8. The molecule has 0 spiro atoms. The third-order valence-electron chi connectivity index (χ3n) is 11.3. The lowest BCUT2D eigenvalue weighted by atomic mass is 9.99. The molecule has 12 rings (SSSR count). The highest BCUT2D eigenvalue weighted by atomic mass is 15.1. The largest absolute Gasteiger partial charge is 0.308 e. The summed E-state index contributed by atoms with van der Waals surface area (Å²) in [4.78, 5) is 15.7. The van der Waals surface area contributed by atoms with Gasteiger partial charge in [-0.3, -0.25) is 0 Å². The molecule has 56 heavy (non-hydrogen) atoms. The molecule has 0 N–H and O–H groups in total. The van der Waals surface area contributed by atoms with E-state index in [1.165, 1.54) is 48.9 Å². The molecule has 4 heterocycles. The van der Waals surface area contributed by atoms with Crippen molar-refractivity contribution >= 4 is 59.9 Å². The second-order valence-electron chi connectivity index (χ2n) is 14.4. The van der Waals surface area contributed by atoms with E-state index in [-0.39, 0.29) is 0 Å². The van der Waals surface area contributed by atoms with E-state index in [2.05, 4.69) is 173 Å². The number of benzene rings is 8. The van der Waals surface area contributed by atoms with Crippen LogP contribution in [0, 0.1) is 0 Å². The third kappa shape index (κ3) is 4.39. The Morgan fingerprint density at radius 1 is 0.304 bits per heavy atom. The smallest absolute Gasteiger partial charge is 0.166 e. The fourth-order valence-corrected chi connectivity index (χ4v) is 8.98. The van der Waals surface area contributed by atoms with Crippen LogP contribution in [0.2, 0.25) is 0 Å². The predicted molar refractivity (Wildman–Crippen MR) is 231 cm³/mol. The molecule has 0 fully saturated rings. The minimum absolute atomic E-state index is 0.616. The first-order valence-corrected chi connectivity index (χ1v) is 19.0. The number of rotatable bonds is 5. The van der Waals surface area contributed by atoms with E-state index in [9.17, 15) is 0 Å². The summed E-state index contributed by atoms with van der Waals surface area (Å²) in [6, 6.07) is 66.5. The van der Waals surface area contributed by atoms with E-state index in [4.69, 9.17) is 15.0 Å². The van der Waals surface area contributed by atoms with Crippen molar-refractivity contribution in [3.8, 4) is 51.0 Å². The first-order valence-electron chi connectivity index (χ1n) is 19.0. The molecule has 0 amide bonds. The average molecular weight is 714 g/mol. The maximum atomic E-state index is 5.32. The van der Waals surface area contributed by atoms with E-state index < -0.39 is 0 Å². The molecule has 12 aromatic rings. The van der Waals surface area contributed by atoms with Crippen molar-refractivity contribution < 1.29 is 0 Å². The van der Waals surface area contributed by atoms with Crippen LogP contribution in [0.3, 0.4) is 0 Å². The standard InChI is InChI=1S/C51H31N5/c1-3-16-32(17-4-1)34-20-7-8-22-39(34)50-52-49(33-18-5-2-6-19-33)53-51(54-50)40-23-10-12-28-42(40)55-43-29-14-24-36-38-26-13-25-37-35-21-9-11-27-41(35)56(48(37)38)45-31-15-30-44(55)47(45)46(36)43/h1-31H. The van der Waals surface area contributed by atoms with Crippen LogP contribution in [-0.2, 0) is 0 Å². The summed E-state index contributed by atoms with van der Waals surface area (Å²) < 4.78 is 4.89. The molecule has 0 saturated heterocycles. The topological polar surface area (TPSA) is 48.0 Å². The van der Waals surface area contributed by atoms with Crippen molar-refractivity contribution in [2.24, 2.45) is 0 Å². The van der Waals surface area contributed by atoms with Gasteiger partial charge in [0.15, 0.2) is 17.5 Å². The summed E-state index contributed by atoms with van der Waals surface area (Å²) in [6.45, 7) is 0. The van der Waals surface area contributed by atoms with Gasteiger partial charge in [-0.1, -0.05) is 152 Å². The van der Waals surface area contributed by atoms with Crippen molar-refractivity contribution in [2.75, 3.05) is 0 Å². The van der Waals surface area contributed by atoms with Gasteiger partial charge in [-0.25, -0.2) is 15.0 Å². The monoisotopic (exact) mass is 713 g/mol. The SMILES string of the molecule is c1ccc(-c2nc(-c3ccccc3-c3ccccc3)nc(-c3ccccc3-n3c4cccc5c6cccc7c8ccccc8n(c8cccc3c8c54)c67)n2)cc1. The second kappa shape index (κ2) is 11.9. The van der Waals surface area contributed by atoms with Crippen LogP contribution in [-0.4, -0.2) is 23.9 Å². The van der Waals surface area contributed by atoms with Gasteiger partial charge >= 0.3 is 0 Å². The number of nitrogens with zero attached hydrogens (tertiary/aromatic N) is 5. The minimum atomic E-state index is 0.616. The van der Waals surface area contributed by atoms with Crippen LogP contribution in [0.1, 0.15) is 0 Å². The number of fused-ring (bicyclic) bond motifs is 5. The van der Waals surface area contributed by atoms with Crippen LogP contribution in [0.5, 0.6) is 0 Å². The Morgan fingerprint density at radius 3 is 1.61 bits per heavy atom. The van der Waals surface area contributed by atoms with Gasteiger partial charge in [0.1, 0.15) is 0 Å². The first-order chi connectivity index (χ1) is 27.8. The number of hydrogen-bond acceptors (Lipinski definition) is 3. The van der Waals surface area contributed by atoms with Crippen molar-refractivity contribution in [3.63, 3.8) is 0 Å². The van der Waals surface area contributed by atoms with Gasteiger partial charge in [0.05, 0.1) is 33.3 Å². The zero-order valence-corrected chi connectivity index (χ0v) is 30.1. The summed E-state index contributed by atoms with van der Waals surface area (Å²) in [5.74, 6) is 1.87. The lowest BCUT2D eigenvalue weighted by Gasteiger charge is -2.15. The van der Waals surface area contributed by atoms with Crippen molar-refractivity contribution in [1.82, 2.24) is 23.9 Å². The van der Waals surface area contributed by atoms with Gasteiger partial charge in [-0.15, -0.1) is 0 Å². The number of para-hydroxylation sites is 3. The Hall–Kier alpha value is -7.63. The van der Waals surface area contributed by atoms with Crippen molar-refractivity contribution in [1.29, 1.82) is 0 Å². The van der Waals surface area contributed by atoms with Gasteiger partial charge in [-0.05, 0) is 52.9 Å². The van der Waals surface area contributed by atoms with Crippen molar-refractivity contribution in [2.45, 2.75) is 0 Å². The van der Waals surface area contributed by atoms with E-state index >= 15 is 0 Å². The van der Waals surface area contributed by atoms with Gasteiger partial charge in [0.2, 0.25) is 0 Å². The zero-order valence-electron chi connectivity index (χ0n) is 30.1. The van der Waals surface area contributed by atoms with Crippen LogP contribution >= 0.6 is 0 Å².